The van der Waals surface area contributed by atoms with Crippen LogP contribution in [-0.4, -0.2) is 50.8 Å². The number of aliphatic imine (C=N–C) groups is 1. The quantitative estimate of drug-likeness (QED) is 0.600. The zero-order valence-corrected chi connectivity index (χ0v) is 16.7. The van der Waals surface area contributed by atoms with Crippen molar-refractivity contribution in [3.63, 3.8) is 0 Å². The summed E-state index contributed by atoms with van der Waals surface area (Å²) in [6.45, 7) is 3.95. The largest absolute Gasteiger partial charge is 0.502 e. The molecule has 2 N–H and O–H groups in total. The van der Waals surface area contributed by atoms with Gasteiger partial charge in [-0.1, -0.05) is 19.8 Å². The fourth-order valence-corrected chi connectivity index (χ4v) is 3.60. The third-order valence-corrected chi connectivity index (χ3v) is 5.23. The Morgan fingerprint density at radius 1 is 1.19 bits per heavy atom. The highest BCUT2D eigenvalue weighted by Gasteiger charge is 2.20. The molecule has 1 aromatic rings. The van der Waals surface area contributed by atoms with Crippen LogP contribution in [0, 0.1) is 11.8 Å². The minimum atomic E-state index is 0.0202. The average Bonchev–Trinajstić information content (AvgIpc) is 2.65. The SMILES string of the molecule is CN=C(NCc1cc(OC)c(O)c(OC)c1)N(C)CC1CCC(C)CC1. The first-order valence-electron chi connectivity index (χ1n) is 9.34. The number of guanidine groups is 1. The predicted molar refractivity (Wildman–Crippen MR) is 105 cm³/mol. The van der Waals surface area contributed by atoms with Crippen molar-refractivity contribution in [2.24, 2.45) is 16.8 Å². The molecule has 6 heteroatoms. The van der Waals surface area contributed by atoms with Crippen LogP contribution >= 0.6 is 0 Å². The summed E-state index contributed by atoms with van der Waals surface area (Å²) >= 11 is 0. The molecule has 0 atom stereocenters. The predicted octanol–water partition coefficient (Wildman–Crippen LogP) is 3.24. The highest BCUT2D eigenvalue weighted by Crippen LogP contribution is 2.37. The maximum absolute atomic E-state index is 10.0. The van der Waals surface area contributed by atoms with Crippen LogP contribution < -0.4 is 14.8 Å². The van der Waals surface area contributed by atoms with Crippen LogP contribution in [0.15, 0.2) is 17.1 Å². The normalized spacial score (nSPS) is 20.6. The molecule has 0 aromatic heterocycles. The van der Waals surface area contributed by atoms with Crippen LogP contribution in [0.4, 0.5) is 0 Å². The summed E-state index contributed by atoms with van der Waals surface area (Å²) in [5, 5.41) is 13.4. The van der Waals surface area contributed by atoms with Gasteiger partial charge in [-0.2, -0.15) is 0 Å². The summed E-state index contributed by atoms with van der Waals surface area (Å²) in [7, 11) is 6.96. The van der Waals surface area contributed by atoms with Gasteiger partial charge in [0.25, 0.3) is 0 Å². The second kappa shape index (κ2) is 9.55. The maximum atomic E-state index is 10.0. The van der Waals surface area contributed by atoms with Crippen molar-refractivity contribution in [3.05, 3.63) is 17.7 Å². The molecule has 1 saturated carbocycles. The fourth-order valence-electron chi connectivity index (χ4n) is 3.60. The van der Waals surface area contributed by atoms with E-state index in [1.54, 1.807) is 19.2 Å². The van der Waals surface area contributed by atoms with E-state index in [9.17, 15) is 5.11 Å². The van der Waals surface area contributed by atoms with Crippen molar-refractivity contribution in [3.8, 4) is 17.2 Å². The van der Waals surface area contributed by atoms with E-state index >= 15 is 0 Å². The number of ether oxygens (including phenoxy) is 2. The number of aromatic hydroxyl groups is 1. The second-order valence-corrected chi connectivity index (χ2v) is 7.26. The highest BCUT2D eigenvalue weighted by atomic mass is 16.5. The van der Waals surface area contributed by atoms with Gasteiger partial charge in [0, 0.05) is 27.2 Å². The van der Waals surface area contributed by atoms with Gasteiger partial charge in [-0.25, -0.2) is 0 Å². The van der Waals surface area contributed by atoms with Crippen molar-refractivity contribution in [1.29, 1.82) is 0 Å². The Bertz CT molecular complexity index is 585. The van der Waals surface area contributed by atoms with E-state index in [2.05, 4.69) is 29.2 Å². The number of hydrogen-bond acceptors (Lipinski definition) is 4. The Morgan fingerprint density at radius 3 is 2.27 bits per heavy atom. The summed E-state index contributed by atoms with van der Waals surface area (Å²) in [4.78, 5) is 6.61. The van der Waals surface area contributed by atoms with Crippen molar-refractivity contribution < 1.29 is 14.6 Å². The molecule has 0 unspecified atom stereocenters. The zero-order valence-electron chi connectivity index (χ0n) is 16.7. The Labute approximate surface area is 157 Å². The zero-order chi connectivity index (χ0) is 19.1. The number of methoxy groups -OCH3 is 2. The fraction of sp³-hybridized carbons (Fsp3) is 0.650. The van der Waals surface area contributed by atoms with Gasteiger partial charge in [0.2, 0.25) is 5.75 Å². The topological polar surface area (TPSA) is 66.3 Å². The molecular formula is C20H33N3O3. The van der Waals surface area contributed by atoms with E-state index in [1.807, 2.05) is 0 Å². The number of rotatable bonds is 6. The lowest BCUT2D eigenvalue weighted by Crippen LogP contribution is -2.41. The lowest BCUT2D eigenvalue weighted by molar-refractivity contribution is 0.250. The first-order chi connectivity index (χ1) is 12.5. The highest BCUT2D eigenvalue weighted by molar-refractivity contribution is 5.79. The first-order valence-corrected chi connectivity index (χ1v) is 9.34. The molecule has 1 aromatic carbocycles. The number of nitrogens with zero attached hydrogens (tertiary/aromatic N) is 2. The van der Waals surface area contributed by atoms with Crippen molar-refractivity contribution in [1.82, 2.24) is 10.2 Å². The van der Waals surface area contributed by atoms with E-state index in [4.69, 9.17) is 9.47 Å². The summed E-state index contributed by atoms with van der Waals surface area (Å²) in [5.74, 6) is 3.31. The van der Waals surface area contributed by atoms with Crippen molar-refractivity contribution >= 4 is 5.96 Å². The van der Waals surface area contributed by atoms with Crippen LogP contribution in [-0.2, 0) is 6.54 Å². The standard InChI is InChI=1S/C20H33N3O3/c1-14-6-8-15(9-7-14)13-23(3)20(21-2)22-12-16-10-17(25-4)19(24)18(11-16)26-5/h10-11,14-15,24H,6-9,12-13H2,1-5H3,(H,21,22). The van der Waals surface area contributed by atoms with Gasteiger partial charge in [0.15, 0.2) is 17.5 Å². The van der Waals surface area contributed by atoms with Crippen molar-refractivity contribution in [2.75, 3.05) is 34.9 Å². The lowest BCUT2D eigenvalue weighted by atomic mass is 9.83. The van der Waals surface area contributed by atoms with Gasteiger partial charge in [-0.15, -0.1) is 0 Å². The molecule has 146 valence electrons. The molecule has 6 nitrogen and oxygen atoms in total. The summed E-state index contributed by atoms with van der Waals surface area (Å²) in [5.41, 5.74) is 0.956. The molecule has 0 bridgehead atoms. The minimum absolute atomic E-state index is 0.0202. The molecule has 0 aliphatic heterocycles. The third kappa shape index (κ3) is 5.19. The van der Waals surface area contributed by atoms with Crippen LogP contribution in [0.3, 0.4) is 0 Å². The van der Waals surface area contributed by atoms with Crippen LogP contribution in [0.5, 0.6) is 17.2 Å². The molecule has 0 heterocycles. The maximum Gasteiger partial charge on any atom is 0.200 e. The van der Waals surface area contributed by atoms with E-state index in [0.29, 0.717) is 18.0 Å². The van der Waals surface area contributed by atoms with Gasteiger partial charge in [0.05, 0.1) is 14.2 Å². The molecule has 26 heavy (non-hydrogen) atoms. The van der Waals surface area contributed by atoms with Gasteiger partial charge < -0.3 is 24.8 Å². The van der Waals surface area contributed by atoms with E-state index in [-0.39, 0.29) is 5.75 Å². The van der Waals surface area contributed by atoms with E-state index < -0.39 is 0 Å². The minimum Gasteiger partial charge on any atom is -0.502 e. The molecule has 2 rings (SSSR count). The van der Waals surface area contributed by atoms with Gasteiger partial charge >= 0.3 is 0 Å². The van der Waals surface area contributed by atoms with Crippen LogP contribution in [0.2, 0.25) is 0 Å². The summed E-state index contributed by atoms with van der Waals surface area (Å²) < 4.78 is 10.4. The van der Waals surface area contributed by atoms with Gasteiger partial charge in [0.1, 0.15) is 0 Å². The number of nitrogens with one attached hydrogen (secondary N) is 1. The number of hydrogen-bond donors (Lipinski definition) is 2. The first kappa shape index (κ1) is 20.2. The van der Waals surface area contributed by atoms with Gasteiger partial charge in [-0.05, 0) is 42.4 Å². The monoisotopic (exact) mass is 363 g/mol. The van der Waals surface area contributed by atoms with E-state index in [0.717, 1.165) is 29.9 Å². The molecule has 1 fully saturated rings. The Balaban J connectivity index is 1.96. The molecule has 1 aliphatic rings. The third-order valence-electron chi connectivity index (χ3n) is 5.23. The average molecular weight is 364 g/mol. The summed E-state index contributed by atoms with van der Waals surface area (Å²) in [6, 6.07) is 3.61. The Kier molecular flexibility index (Phi) is 7.42. The Morgan fingerprint density at radius 2 is 1.77 bits per heavy atom. The van der Waals surface area contributed by atoms with Crippen LogP contribution in [0.1, 0.15) is 38.2 Å². The Hall–Kier alpha value is -2.11. The molecular weight excluding hydrogens is 330 g/mol. The lowest BCUT2D eigenvalue weighted by Gasteiger charge is -2.31. The smallest absolute Gasteiger partial charge is 0.200 e. The molecule has 0 amide bonds. The molecule has 0 radical (unpaired) electrons. The molecule has 0 saturated heterocycles. The van der Waals surface area contributed by atoms with Gasteiger partial charge in [-0.3, -0.25) is 4.99 Å². The van der Waals surface area contributed by atoms with E-state index in [1.165, 1.54) is 39.9 Å². The van der Waals surface area contributed by atoms with Crippen molar-refractivity contribution in [2.45, 2.75) is 39.2 Å². The molecule has 1 aliphatic carbocycles. The molecule has 0 spiro atoms. The summed E-state index contributed by atoms with van der Waals surface area (Å²) in [6.07, 6.45) is 5.26. The second-order valence-electron chi connectivity index (χ2n) is 7.26. The van der Waals surface area contributed by atoms with Crippen LogP contribution in [0.25, 0.3) is 0 Å². The number of benzene rings is 1. The number of phenolic OH excluding ortho intramolecular Hbond substituents is 1. The number of phenols is 1.